The van der Waals surface area contributed by atoms with Gasteiger partial charge in [0.1, 0.15) is 5.82 Å². The Kier molecular flexibility index (Phi) is 11.6. The zero-order chi connectivity index (χ0) is 23.2. The van der Waals surface area contributed by atoms with Crippen molar-refractivity contribution in [1.29, 1.82) is 0 Å². The molecule has 3 rings (SSSR count). The SMILES string of the molecule is CN1CCCC(C(=O)N2CCCN(c3ncccc3C(N)=O)CC2)C1.O=CO.O=CO. The molecule has 0 aliphatic carbocycles. The smallest absolute Gasteiger partial charge is 0.290 e. The summed E-state index contributed by atoms with van der Waals surface area (Å²) in [6.45, 7) is 4.29. The van der Waals surface area contributed by atoms with E-state index in [-0.39, 0.29) is 24.8 Å². The quantitative estimate of drug-likeness (QED) is 0.552. The van der Waals surface area contributed by atoms with Gasteiger partial charge in [-0.25, -0.2) is 4.98 Å². The number of carbonyl (C=O) groups is 4. The minimum absolute atomic E-state index is 0.112. The Balaban J connectivity index is 0.000000720. The minimum Gasteiger partial charge on any atom is -0.483 e. The van der Waals surface area contributed by atoms with Crippen LogP contribution in [0.25, 0.3) is 0 Å². The van der Waals surface area contributed by atoms with Crippen LogP contribution < -0.4 is 10.6 Å². The van der Waals surface area contributed by atoms with Crippen LogP contribution in [0.1, 0.15) is 29.6 Å². The predicted molar refractivity (Wildman–Crippen MR) is 114 cm³/mol. The fourth-order valence-corrected chi connectivity index (χ4v) is 3.82. The topological polar surface area (TPSA) is 157 Å². The molecule has 0 bridgehead atoms. The second kappa shape index (κ2) is 13.9. The Labute approximate surface area is 181 Å². The highest BCUT2D eigenvalue weighted by Crippen LogP contribution is 2.21. The first-order valence-electron chi connectivity index (χ1n) is 10.0. The number of nitrogens with two attached hydrogens (primary N) is 1. The van der Waals surface area contributed by atoms with Gasteiger partial charge in [-0.05, 0) is 45.0 Å². The summed E-state index contributed by atoms with van der Waals surface area (Å²) in [6, 6.07) is 3.42. The van der Waals surface area contributed by atoms with Crippen LogP contribution in [0.2, 0.25) is 0 Å². The van der Waals surface area contributed by atoms with Crippen molar-refractivity contribution in [2.75, 3.05) is 51.2 Å². The molecule has 11 heteroatoms. The standard InChI is InChI=1S/C18H27N5O2.2CH2O2/c1-21-8-3-5-14(13-21)18(25)23-10-4-9-22(11-12-23)17-15(16(19)24)6-2-7-20-17;2*2-1-3/h2,6-7,14H,3-5,8-13H2,1H3,(H2,19,24);2*1H,(H,2,3). The number of hydrogen-bond donors (Lipinski definition) is 3. The number of pyridine rings is 1. The molecule has 1 unspecified atom stereocenters. The first-order valence-corrected chi connectivity index (χ1v) is 10.0. The van der Waals surface area contributed by atoms with Gasteiger partial charge in [0.2, 0.25) is 5.91 Å². The van der Waals surface area contributed by atoms with Crippen molar-refractivity contribution in [2.24, 2.45) is 11.7 Å². The van der Waals surface area contributed by atoms with Crippen molar-refractivity contribution in [1.82, 2.24) is 14.8 Å². The second-order valence-electron chi connectivity index (χ2n) is 7.22. The van der Waals surface area contributed by atoms with E-state index in [0.29, 0.717) is 24.5 Å². The maximum Gasteiger partial charge on any atom is 0.290 e. The number of aromatic nitrogens is 1. The Morgan fingerprint density at radius 1 is 1.10 bits per heavy atom. The number of piperidine rings is 1. The molecule has 1 aromatic heterocycles. The van der Waals surface area contributed by atoms with Crippen LogP contribution in [-0.4, -0.2) is 96.1 Å². The summed E-state index contributed by atoms with van der Waals surface area (Å²) in [5.74, 6) is 0.540. The zero-order valence-corrected chi connectivity index (χ0v) is 17.7. The van der Waals surface area contributed by atoms with Gasteiger partial charge in [0.25, 0.3) is 18.9 Å². The van der Waals surface area contributed by atoms with Gasteiger partial charge in [-0.15, -0.1) is 0 Å². The molecule has 1 aromatic rings. The lowest BCUT2D eigenvalue weighted by atomic mass is 9.97. The third kappa shape index (κ3) is 8.21. The van der Waals surface area contributed by atoms with Gasteiger partial charge in [0.05, 0.1) is 11.5 Å². The normalized spacial score (nSPS) is 18.9. The molecule has 4 N–H and O–H groups in total. The highest BCUT2D eigenvalue weighted by Gasteiger charge is 2.29. The Bertz CT molecular complexity index is 726. The molecule has 2 aliphatic rings. The molecule has 172 valence electrons. The lowest BCUT2D eigenvalue weighted by Crippen LogP contribution is -2.45. The Morgan fingerprint density at radius 3 is 2.39 bits per heavy atom. The summed E-state index contributed by atoms with van der Waals surface area (Å²) in [5, 5.41) is 13.8. The summed E-state index contributed by atoms with van der Waals surface area (Å²) in [4.78, 5) is 51.9. The lowest BCUT2D eigenvalue weighted by molar-refractivity contribution is -0.137. The van der Waals surface area contributed by atoms with E-state index in [0.717, 1.165) is 45.4 Å². The van der Waals surface area contributed by atoms with E-state index >= 15 is 0 Å². The van der Waals surface area contributed by atoms with Gasteiger partial charge in [-0.2, -0.15) is 0 Å². The van der Waals surface area contributed by atoms with Crippen LogP contribution in [-0.2, 0) is 14.4 Å². The van der Waals surface area contributed by atoms with Crippen LogP contribution in [0, 0.1) is 5.92 Å². The molecule has 2 amide bonds. The van der Waals surface area contributed by atoms with Gasteiger partial charge in [-0.1, -0.05) is 0 Å². The highest BCUT2D eigenvalue weighted by atomic mass is 16.3. The minimum atomic E-state index is -0.467. The molecule has 2 aliphatic heterocycles. The molecule has 0 saturated carbocycles. The maximum absolute atomic E-state index is 12.9. The number of amides is 2. The van der Waals surface area contributed by atoms with Crippen molar-refractivity contribution in [3.05, 3.63) is 23.9 Å². The summed E-state index contributed by atoms with van der Waals surface area (Å²) in [7, 11) is 2.08. The molecule has 3 heterocycles. The van der Waals surface area contributed by atoms with Crippen molar-refractivity contribution in [3.8, 4) is 0 Å². The van der Waals surface area contributed by atoms with Crippen molar-refractivity contribution in [3.63, 3.8) is 0 Å². The first-order chi connectivity index (χ1) is 14.9. The van der Waals surface area contributed by atoms with E-state index in [9.17, 15) is 9.59 Å². The van der Waals surface area contributed by atoms with E-state index in [1.165, 1.54) is 0 Å². The largest absolute Gasteiger partial charge is 0.483 e. The average molecular weight is 437 g/mol. The van der Waals surface area contributed by atoms with Crippen LogP contribution in [0.5, 0.6) is 0 Å². The second-order valence-corrected chi connectivity index (χ2v) is 7.22. The van der Waals surface area contributed by atoms with Crippen LogP contribution in [0.4, 0.5) is 5.82 Å². The molecule has 11 nitrogen and oxygen atoms in total. The van der Waals surface area contributed by atoms with Crippen LogP contribution >= 0.6 is 0 Å². The number of carboxylic acid groups (broad SMARTS) is 2. The van der Waals surface area contributed by atoms with Crippen LogP contribution in [0.15, 0.2) is 18.3 Å². The van der Waals surface area contributed by atoms with Crippen LogP contribution in [0.3, 0.4) is 0 Å². The zero-order valence-electron chi connectivity index (χ0n) is 17.7. The number of likely N-dealkylation sites (tertiary alicyclic amines) is 1. The monoisotopic (exact) mass is 437 g/mol. The third-order valence-electron chi connectivity index (χ3n) is 5.13. The Morgan fingerprint density at radius 2 is 1.77 bits per heavy atom. The third-order valence-corrected chi connectivity index (χ3v) is 5.13. The van der Waals surface area contributed by atoms with Crippen molar-refractivity contribution < 1.29 is 29.4 Å². The number of carbonyl (C=O) groups excluding carboxylic acids is 2. The number of primary amides is 1. The average Bonchev–Trinajstić information content (AvgIpc) is 3.00. The molecule has 31 heavy (non-hydrogen) atoms. The molecular formula is C20H31N5O6. The van der Waals surface area contributed by atoms with E-state index in [2.05, 4.69) is 21.8 Å². The summed E-state index contributed by atoms with van der Waals surface area (Å²) >= 11 is 0. The van der Waals surface area contributed by atoms with E-state index in [1.807, 2.05) is 4.90 Å². The van der Waals surface area contributed by atoms with Gasteiger partial charge in [0, 0.05) is 38.9 Å². The molecule has 0 spiro atoms. The van der Waals surface area contributed by atoms with Crippen molar-refractivity contribution in [2.45, 2.75) is 19.3 Å². The van der Waals surface area contributed by atoms with E-state index in [1.54, 1.807) is 18.3 Å². The lowest BCUT2D eigenvalue weighted by Gasteiger charge is -2.32. The maximum atomic E-state index is 12.9. The summed E-state index contributed by atoms with van der Waals surface area (Å²) < 4.78 is 0. The molecule has 0 radical (unpaired) electrons. The van der Waals surface area contributed by atoms with Gasteiger partial charge >= 0.3 is 0 Å². The fourth-order valence-electron chi connectivity index (χ4n) is 3.82. The van der Waals surface area contributed by atoms with E-state index in [4.69, 9.17) is 25.5 Å². The summed E-state index contributed by atoms with van der Waals surface area (Å²) in [6.07, 6.45) is 4.61. The summed E-state index contributed by atoms with van der Waals surface area (Å²) in [5.41, 5.74) is 5.91. The number of hydrogen-bond acceptors (Lipinski definition) is 7. The predicted octanol–water partition coefficient (Wildman–Crippen LogP) is -0.0374. The first kappa shape index (κ1) is 25.8. The molecule has 2 fully saturated rings. The number of nitrogens with zero attached hydrogens (tertiary/aromatic N) is 4. The molecule has 1 atom stereocenters. The number of rotatable bonds is 3. The Hall–Kier alpha value is -3.21. The van der Waals surface area contributed by atoms with E-state index < -0.39 is 5.91 Å². The van der Waals surface area contributed by atoms with Gasteiger partial charge < -0.3 is 30.6 Å². The molecule has 2 saturated heterocycles. The highest BCUT2D eigenvalue weighted by molar-refractivity contribution is 5.97. The number of anilines is 1. The fraction of sp³-hybridized carbons (Fsp3) is 0.550. The molecular weight excluding hydrogens is 406 g/mol. The van der Waals surface area contributed by atoms with Gasteiger partial charge in [0.15, 0.2) is 0 Å². The van der Waals surface area contributed by atoms with Gasteiger partial charge in [-0.3, -0.25) is 19.2 Å². The van der Waals surface area contributed by atoms with Crippen molar-refractivity contribution >= 4 is 30.6 Å². The molecule has 0 aromatic carbocycles.